The number of rotatable bonds is 7. The predicted molar refractivity (Wildman–Crippen MR) is 82.3 cm³/mol. The number of amides is 1. The number of nitrogens with zero attached hydrogens (tertiary/aromatic N) is 1. The van der Waals surface area contributed by atoms with Crippen molar-refractivity contribution in [2.75, 3.05) is 13.2 Å². The van der Waals surface area contributed by atoms with E-state index >= 15 is 0 Å². The van der Waals surface area contributed by atoms with Crippen LogP contribution in [0.2, 0.25) is 0 Å². The van der Waals surface area contributed by atoms with E-state index in [2.05, 4.69) is 10.5 Å². The quantitative estimate of drug-likeness (QED) is 0.290. The zero-order chi connectivity index (χ0) is 15.9. The molecule has 0 aliphatic carbocycles. The third-order valence-corrected chi connectivity index (χ3v) is 4.40. The molecule has 1 saturated heterocycles. The molecular weight excluding hydrogens is 270 g/mol. The van der Waals surface area contributed by atoms with Gasteiger partial charge in [-0.15, -0.1) is 0 Å². The van der Waals surface area contributed by atoms with E-state index in [1.54, 1.807) is 0 Å². The lowest BCUT2D eigenvalue weighted by atomic mass is 9.76. The molecule has 6 heteroatoms. The molecule has 0 unspecified atom stereocenters. The van der Waals surface area contributed by atoms with E-state index in [4.69, 9.17) is 15.7 Å². The molecule has 122 valence electrons. The Bertz CT molecular complexity index is 370. The lowest BCUT2D eigenvalue weighted by Gasteiger charge is -2.39. The number of amidine groups is 1. The van der Waals surface area contributed by atoms with Crippen molar-refractivity contribution in [1.82, 2.24) is 5.32 Å². The van der Waals surface area contributed by atoms with Gasteiger partial charge in [-0.3, -0.25) is 4.79 Å². The largest absolute Gasteiger partial charge is 0.409 e. The minimum absolute atomic E-state index is 0.0133. The molecule has 1 aliphatic heterocycles. The maximum atomic E-state index is 12.9. The Balaban J connectivity index is 2.98. The second kappa shape index (κ2) is 7.64. The Morgan fingerprint density at radius 3 is 2.29 bits per heavy atom. The first-order valence-electron chi connectivity index (χ1n) is 7.82. The molecule has 0 bridgehead atoms. The fourth-order valence-electron chi connectivity index (χ4n) is 3.01. The standard InChI is InChI=1S/C15H29N3O3/c1-4-6-15(7-5-2,12(16)18-20)13(19)17-14(3)8-10-21-11-9-14/h20H,4-11H2,1-3H3,(H2,16,18)(H,17,19). The first kappa shape index (κ1) is 17.8. The number of nitrogens with one attached hydrogen (secondary N) is 1. The summed E-state index contributed by atoms with van der Waals surface area (Å²) >= 11 is 0. The molecule has 1 amide bonds. The average Bonchev–Trinajstić information content (AvgIpc) is 2.46. The van der Waals surface area contributed by atoms with Crippen molar-refractivity contribution < 1.29 is 14.7 Å². The highest BCUT2D eigenvalue weighted by atomic mass is 16.5. The molecule has 0 spiro atoms. The van der Waals surface area contributed by atoms with Gasteiger partial charge in [0.1, 0.15) is 5.41 Å². The van der Waals surface area contributed by atoms with Crippen molar-refractivity contribution in [3.63, 3.8) is 0 Å². The van der Waals surface area contributed by atoms with Gasteiger partial charge >= 0.3 is 0 Å². The monoisotopic (exact) mass is 299 g/mol. The normalized spacial score (nSPS) is 19.3. The van der Waals surface area contributed by atoms with Crippen LogP contribution in [0, 0.1) is 5.41 Å². The molecule has 0 aromatic carbocycles. The number of hydrogen-bond donors (Lipinski definition) is 3. The van der Waals surface area contributed by atoms with Crippen molar-refractivity contribution in [2.24, 2.45) is 16.3 Å². The summed E-state index contributed by atoms with van der Waals surface area (Å²) in [6.07, 6.45) is 4.31. The zero-order valence-corrected chi connectivity index (χ0v) is 13.4. The molecule has 1 heterocycles. The van der Waals surface area contributed by atoms with Crippen LogP contribution in [0.4, 0.5) is 0 Å². The van der Waals surface area contributed by atoms with Crippen LogP contribution >= 0.6 is 0 Å². The molecule has 0 aromatic rings. The minimum atomic E-state index is -0.917. The van der Waals surface area contributed by atoms with Crippen molar-refractivity contribution in [3.8, 4) is 0 Å². The van der Waals surface area contributed by atoms with Crippen LogP contribution in [-0.2, 0) is 9.53 Å². The Morgan fingerprint density at radius 2 is 1.86 bits per heavy atom. The summed E-state index contributed by atoms with van der Waals surface area (Å²) in [6.45, 7) is 7.32. The highest BCUT2D eigenvalue weighted by Gasteiger charge is 2.44. The maximum absolute atomic E-state index is 12.9. The van der Waals surface area contributed by atoms with Crippen LogP contribution in [0.3, 0.4) is 0 Å². The molecule has 1 fully saturated rings. The van der Waals surface area contributed by atoms with Crippen LogP contribution in [0.15, 0.2) is 5.16 Å². The lowest BCUT2D eigenvalue weighted by Crippen LogP contribution is -2.57. The summed E-state index contributed by atoms with van der Waals surface area (Å²) in [6, 6.07) is 0. The third kappa shape index (κ3) is 4.09. The van der Waals surface area contributed by atoms with Gasteiger partial charge in [0.05, 0.1) is 0 Å². The first-order chi connectivity index (χ1) is 9.94. The smallest absolute Gasteiger partial charge is 0.234 e. The molecule has 0 saturated carbocycles. The highest BCUT2D eigenvalue weighted by Crippen LogP contribution is 2.32. The van der Waals surface area contributed by atoms with Gasteiger partial charge in [-0.1, -0.05) is 31.8 Å². The Morgan fingerprint density at radius 1 is 1.33 bits per heavy atom. The van der Waals surface area contributed by atoms with Crippen LogP contribution < -0.4 is 11.1 Å². The van der Waals surface area contributed by atoms with Crippen molar-refractivity contribution in [1.29, 1.82) is 0 Å². The Hall–Kier alpha value is -1.30. The maximum Gasteiger partial charge on any atom is 0.234 e. The summed E-state index contributed by atoms with van der Waals surface area (Å²) in [5, 5.41) is 15.4. The van der Waals surface area contributed by atoms with Gasteiger partial charge in [0.25, 0.3) is 0 Å². The summed E-state index contributed by atoms with van der Waals surface area (Å²) in [4.78, 5) is 12.9. The summed E-state index contributed by atoms with van der Waals surface area (Å²) < 4.78 is 5.36. The third-order valence-electron chi connectivity index (χ3n) is 4.40. The molecule has 1 aliphatic rings. The SMILES string of the molecule is CCCC(CCC)(C(=O)NC1(C)CCOCC1)C(N)=NO. The summed E-state index contributed by atoms with van der Waals surface area (Å²) in [5.74, 6) is -0.120. The molecule has 6 nitrogen and oxygen atoms in total. The van der Waals surface area contributed by atoms with E-state index < -0.39 is 5.41 Å². The molecule has 0 aromatic heterocycles. The van der Waals surface area contributed by atoms with Crippen molar-refractivity contribution in [2.45, 2.75) is 64.8 Å². The van der Waals surface area contributed by atoms with E-state index in [0.29, 0.717) is 26.1 Å². The topological polar surface area (TPSA) is 96.9 Å². The van der Waals surface area contributed by atoms with Gasteiger partial charge < -0.3 is 21.0 Å². The number of hydrogen-bond acceptors (Lipinski definition) is 4. The molecule has 0 atom stereocenters. The molecule has 0 radical (unpaired) electrons. The van der Waals surface area contributed by atoms with Gasteiger partial charge in [-0.05, 0) is 32.6 Å². The molecule has 1 rings (SSSR count). The van der Waals surface area contributed by atoms with Gasteiger partial charge in [-0.25, -0.2) is 0 Å². The van der Waals surface area contributed by atoms with Gasteiger partial charge in [0, 0.05) is 18.8 Å². The van der Waals surface area contributed by atoms with Crippen LogP contribution in [-0.4, -0.2) is 35.7 Å². The fraction of sp³-hybridized carbons (Fsp3) is 0.867. The second-order valence-corrected chi connectivity index (χ2v) is 6.19. The average molecular weight is 299 g/mol. The Kier molecular flexibility index (Phi) is 6.45. The highest BCUT2D eigenvalue weighted by molar-refractivity contribution is 6.06. The van der Waals surface area contributed by atoms with E-state index in [1.807, 2.05) is 20.8 Å². The summed E-state index contributed by atoms with van der Waals surface area (Å²) in [5.41, 5.74) is 4.69. The molecule has 21 heavy (non-hydrogen) atoms. The minimum Gasteiger partial charge on any atom is -0.409 e. The van der Waals surface area contributed by atoms with Crippen LogP contribution in [0.5, 0.6) is 0 Å². The van der Waals surface area contributed by atoms with Crippen LogP contribution in [0.1, 0.15) is 59.3 Å². The fourth-order valence-corrected chi connectivity index (χ4v) is 3.01. The van der Waals surface area contributed by atoms with Gasteiger partial charge in [0.15, 0.2) is 5.84 Å². The van der Waals surface area contributed by atoms with Crippen molar-refractivity contribution >= 4 is 11.7 Å². The van der Waals surface area contributed by atoms with E-state index in [-0.39, 0.29) is 17.3 Å². The van der Waals surface area contributed by atoms with Crippen LogP contribution in [0.25, 0.3) is 0 Å². The number of ether oxygens (including phenoxy) is 1. The molecular formula is C15H29N3O3. The zero-order valence-electron chi connectivity index (χ0n) is 13.4. The lowest BCUT2D eigenvalue weighted by molar-refractivity contribution is -0.131. The van der Waals surface area contributed by atoms with Crippen molar-refractivity contribution in [3.05, 3.63) is 0 Å². The Labute approximate surface area is 127 Å². The van der Waals surface area contributed by atoms with E-state index in [9.17, 15) is 4.79 Å². The van der Waals surface area contributed by atoms with E-state index in [0.717, 1.165) is 25.7 Å². The van der Waals surface area contributed by atoms with Gasteiger partial charge in [-0.2, -0.15) is 0 Å². The number of oxime groups is 1. The number of carbonyl (C=O) groups excluding carboxylic acids is 1. The second-order valence-electron chi connectivity index (χ2n) is 6.19. The van der Waals surface area contributed by atoms with Gasteiger partial charge in [0.2, 0.25) is 5.91 Å². The first-order valence-corrected chi connectivity index (χ1v) is 7.82. The number of nitrogens with two attached hydrogens (primary N) is 1. The predicted octanol–water partition coefficient (Wildman–Crippen LogP) is 2.00. The number of carbonyl (C=O) groups is 1. The molecule has 4 N–H and O–H groups in total. The van der Waals surface area contributed by atoms with E-state index in [1.165, 1.54) is 0 Å². The summed E-state index contributed by atoms with van der Waals surface area (Å²) in [7, 11) is 0.